The monoisotopic (exact) mass is 268 g/mol. The molecule has 2 nitrogen and oxygen atoms in total. The highest BCUT2D eigenvalue weighted by Crippen LogP contribution is 2.25. The van der Waals surface area contributed by atoms with Crippen LogP contribution in [0.1, 0.15) is 32.6 Å². The Balaban J connectivity index is 2.26. The highest BCUT2D eigenvalue weighted by atomic mass is 16.5. The van der Waals surface area contributed by atoms with E-state index >= 15 is 0 Å². The molecule has 0 amide bonds. The number of benzene rings is 2. The maximum atomic E-state index is 12.4. The topological polar surface area (TPSA) is 26.3 Å². The van der Waals surface area contributed by atoms with Crippen molar-refractivity contribution in [3.63, 3.8) is 0 Å². The Kier molecular flexibility index (Phi) is 4.23. The number of carbonyl (C=O) groups is 1. The second-order valence-corrected chi connectivity index (χ2v) is 5.23. The molecule has 0 aliphatic heterocycles. The summed E-state index contributed by atoms with van der Waals surface area (Å²) in [6.07, 6.45) is 0.437. The largest absolute Gasteiger partial charge is 0.496 e. The molecule has 0 aromatic heterocycles. The predicted octanol–water partition coefficient (Wildman–Crippen LogP) is 4.05. The number of carbonyl (C=O) groups excluding carboxylic acids is 1. The zero-order valence-electron chi connectivity index (χ0n) is 12.5. The van der Waals surface area contributed by atoms with Crippen molar-refractivity contribution in [2.24, 2.45) is 0 Å². The quantitative estimate of drug-likeness (QED) is 0.782. The van der Waals surface area contributed by atoms with Gasteiger partial charge in [-0.1, -0.05) is 29.8 Å². The highest BCUT2D eigenvalue weighted by molar-refractivity contribution is 5.98. The molecule has 0 N–H and O–H groups in total. The molecule has 0 unspecified atom stereocenters. The first-order valence-corrected chi connectivity index (χ1v) is 6.75. The number of methoxy groups -OCH3 is 1. The van der Waals surface area contributed by atoms with Crippen LogP contribution >= 0.6 is 0 Å². The summed E-state index contributed by atoms with van der Waals surface area (Å²) < 4.78 is 5.33. The Bertz CT molecular complexity index is 619. The Hall–Kier alpha value is -2.09. The summed E-state index contributed by atoms with van der Waals surface area (Å²) in [7, 11) is 1.66. The van der Waals surface area contributed by atoms with Crippen molar-refractivity contribution in [3.05, 3.63) is 64.2 Å². The molecule has 2 aromatic rings. The lowest BCUT2D eigenvalue weighted by Gasteiger charge is -2.11. The van der Waals surface area contributed by atoms with Crippen LogP contribution in [-0.4, -0.2) is 12.9 Å². The van der Waals surface area contributed by atoms with Crippen LogP contribution in [0.25, 0.3) is 0 Å². The standard InChI is InChI=1S/C18H20O2/c1-12-6-5-7-15(8-12)11-17(19)16-9-13(2)18(20-4)14(3)10-16/h5-10H,11H2,1-4H3. The summed E-state index contributed by atoms with van der Waals surface area (Å²) in [4.78, 5) is 12.4. The Morgan fingerprint density at radius 3 is 2.25 bits per heavy atom. The van der Waals surface area contributed by atoms with Gasteiger partial charge in [0.1, 0.15) is 5.75 Å². The van der Waals surface area contributed by atoms with E-state index in [1.807, 2.05) is 51.1 Å². The lowest BCUT2D eigenvalue weighted by Crippen LogP contribution is -2.05. The van der Waals surface area contributed by atoms with E-state index in [-0.39, 0.29) is 5.78 Å². The average Bonchev–Trinajstić information content (AvgIpc) is 2.38. The molecule has 0 saturated carbocycles. The molecule has 0 aliphatic rings. The van der Waals surface area contributed by atoms with Crippen LogP contribution in [0, 0.1) is 20.8 Å². The SMILES string of the molecule is COc1c(C)cc(C(=O)Cc2cccc(C)c2)cc1C. The second-order valence-electron chi connectivity index (χ2n) is 5.23. The maximum Gasteiger partial charge on any atom is 0.167 e. The second kappa shape index (κ2) is 5.91. The van der Waals surface area contributed by atoms with Crippen molar-refractivity contribution in [1.82, 2.24) is 0 Å². The van der Waals surface area contributed by atoms with E-state index in [9.17, 15) is 4.79 Å². The van der Waals surface area contributed by atoms with E-state index in [1.165, 1.54) is 5.56 Å². The number of hydrogen-bond acceptors (Lipinski definition) is 2. The summed E-state index contributed by atoms with van der Waals surface area (Å²) in [6, 6.07) is 11.9. The van der Waals surface area contributed by atoms with Gasteiger partial charge in [0.05, 0.1) is 7.11 Å². The van der Waals surface area contributed by atoms with Crippen molar-refractivity contribution in [2.75, 3.05) is 7.11 Å². The van der Waals surface area contributed by atoms with Crippen molar-refractivity contribution >= 4 is 5.78 Å². The molecule has 20 heavy (non-hydrogen) atoms. The summed E-state index contributed by atoms with van der Waals surface area (Å²) in [5.74, 6) is 1.00. The molecule has 0 atom stereocenters. The van der Waals surface area contributed by atoms with Crippen molar-refractivity contribution in [1.29, 1.82) is 0 Å². The first-order chi connectivity index (χ1) is 9.51. The smallest absolute Gasteiger partial charge is 0.167 e. The third kappa shape index (κ3) is 3.08. The van der Waals surface area contributed by atoms with Crippen molar-refractivity contribution < 1.29 is 9.53 Å². The molecule has 0 fully saturated rings. The third-order valence-corrected chi connectivity index (χ3v) is 3.43. The minimum absolute atomic E-state index is 0.143. The van der Waals surface area contributed by atoms with Gasteiger partial charge in [-0.2, -0.15) is 0 Å². The molecule has 0 aliphatic carbocycles. The maximum absolute atomic E-state index is 12.4. The zero-order chi connectivity index (χ0) is 14.7. The van der Waals surface area contributed by atoms with E-state index in [0.717, 1.165) is 28.0 Å². The van der Waals surface area contributed by atoms with Crippen LogP contribution in [0.15, 0.2) is 36.4 Å². The summed E-state index contributed by atoms with van der Waals surface area (Å²) in [5, 5.41) is 0. The number of aryl methyl sites for hydroxylation is 3. The van der Waals surface area contributed by atoms with E-state index in [2.05, 4.69) is 6.07 Å². The van der Waals surface area contributed by atoms with E-state index in [0.29, 0.717) is 6.42 Å². The third-order valence-electron chi connectivity index (χ3n) is 3.43. The number of rotatable bonds is 4. The van der Waals surface area contributed by atoms with Gasteiger partial charge in [0.15, 0.2) is 5.78 Å². The minimum atomic E-state index is 0.143. The Labute approximate surface area is 120 Å². The average molecular weight is 268 g/mol. The predicted molar refractivity (Wildman–Crippen MR) is 81.7 cm³/mol. The molecular formula is C18H20O2. The molecule has 2 heteroatoms. The molecule has 2 aromatic carbocycles. The number of ether oxygens (including phenoxy) is 1. The molecule has 0 bridgehead atoms. The van der Waals surface area contributed by atoms with Crippen LogP contribution in [0.3, 0.4) is 0 Å². The molecule has 2 rings (SSSR count). The van der Waals surface area contributed by atoms with Gasteiger partial charge < -0.3 is 4.74 Å². The first kappa shape index (κ1) is 14.3. The van der Waals surface area contributed by atoms with E-state index in [4.69, 9.17) is 4.74 Å². The summed E-state index contributed by atoms with van der Waals surface area (Å²) >= 11 is 0. The molecule has 104 valence electrons. The molecule has 0 spiro atoms. The van der Waals surface area contributed by atoms with Gasteiger partial charge in [0.2, 0.25) is 0 Å². The van der Waals surface area contributed by atoms with Crippen molar-refractivity contribution in [2.45, 2.75) is 27.2 Å². The lowest BCUT2D eigenvalue weighted by molar-refractivity contribution is 0.0993. The van der Waals surface area contributed by atoms with Gasteiger partial charge in [-0.05, 0) is 49.6 Å². The van der Waals surface area contributed by atoms with Crippen LogP contribution in [0.5, 0.6) is 5.75 Å². The Morgan fingerprint density at radius 1 is 1.05 bits per heavy atom. The summed E-state index contributed by atoms with van der Waals surface area (Å²) in [5.41, 5.74) is 4.99. The molecule has 0 heterocycles. The van der Waals surface area contributed by atoms with Crippen LogP contribution in [-0.2, 0) is 6.42 Å². The Morgan fingerprint density at radius 2 is 1.70 bits per heavy atom. The van der Waals surface area contributed by atoms with E-state index < -0.39 is 0 Å². The van der Waals surface area contributed by atoms with Crippen LogP contribution in [0.2, 0.25) is 0 Å². The fraction of sp³-hybridized carbons (Fsp3) is 0.278. The minimum Gasteiger partial charge on any atom is -0.496 e. The van der Waals surface area contributed by atoms with Gasteiger partial charge in [-0.15, -0.1) is 0 Å². The first-order valence-electron chi connectivity index (χ1n) is 6.75. The summed E-state index contributed by atoms with van der Waals surface area (Å²) in [6.45, 7) is 5.97. The van der Waals surface area contributed by atoms with Crippen LogP contribution in [0.4, 0.5) is 0 Å². The van der Waals surface area contributed by atoms with Gasteiger partial charge in [-0.3, -0.25) is 4.79 Å². The number of Topliss-reactive ketones (excluding diaryl/α,β-unsaturated/α-hetero) is 1. The van der Waals surface area contributed by atoms with Gasteiger partial charge >= 0.3 is 0 Å². The van der Waals surface area contributed by atoms with Gasteiger partial charge in [-0.25, -0.2) is 0 Å². The van der Waals surface area contributed by atoms with Crippen LogP contribution < -0.4 is 4.74 Å². The van der Waals surface area contributed by atoms with Gasteiger partial charge in [0, 0.05) is 12.0 Å². The number of hydrogen-bond donors (Lipinski definition) is 0. The molecule has 0 radical (unpaired) electrons. The normalized spacial score (nSPS) is 10.4. The lowest BCUT2D eigenvalue weighted by atomic mass is 9.98. The zero-order valence-corrected chi connectivity index (χ0v) is 12.5. The fourth-order valence-corrected chi connectivity index (χ4v) is 2.54. The van der Waals surface area contributed by atoms with Crippen molar-refractivity contribution in [3.8, 4) is 5.75 Å². The van der Waals surface area contributed by atoms with E-state index in [1.54, 1.807) is 7.11 Å². The number of ketones is 1. The van der Waals surface area contributed by atoms with Gasteiger partial charge in [0.25, 0.3) is 0 Å². The highest BCUT2D eigenvalue weighted by Gasteiger charge is 2.12. The molecule has 0 saturated heterocycles. The fourth-order valence-electron chi connectivity index (χ4n) is 2.54. The molecular weight excluding hydrogens is 248 g/mol.